The highest BCUT2D eigenvalue weighted by molar-refractivity contribution is 5.73. The van der Waals surface area contributed by atoms with E-state index in [4.69, 9.17) is 9.84 Å². The Bertz CT molecular complexity index is 214. The molecule has 0 heterocycles. The van der Waals surface area contributed by atoms with Crippen molar-refractivity contribution in [3.8, 4) is 0 Å². The summed E-state index contributed by atoms with van der Waals surface area (Å²) in [6, 6.07) is 0.0279. The second-order valence-corrected chi connectivity index (χ2v) is 4.13. The molecule has 1 N–H and O–H groups in total. The predicted molar refractivity (Wildman–Crippen MR) is 57.9 cm³/mol. The summed E-state index contributed by atoms with van der Waals surface area (Å²) >= 11 is 0. The Morgan fingerprint density at radius 3 is 2.53 bits per heavy atom. The van der Waals surface area contributed by atoms with Crippen molar-refractivity contribution in [2.24, 2.45) is 0 Å². The third-order valence-corrected chi connectivity index (χ3v) is 3.21. The Morgan fingerprint density at radius 2 is 2.13 bits per heavy atom. The highest BCUT2D eigenvalue weighted by Gasteiger charge is 2.36. The minimum Gasteiger partial charge on any atom is -0.480 e. The van der Waals surface area contributed by atoms with Crippen LogP contribution < -0.4 is 0 Å². The summed E-state index contributed by atoms with van der Waals surface area (Å²) in [4.78, 5) is 12.9. The first-order valence-corrected chi connectivity index (χ1v) is 5.66. The molecule has 0 aromatic heterocycles. The van der Waals surface area contributed by atoms with Crippen molar-refractivity contribution in [1.82, 2.24) is 4.90 Å². The Morgan fingerprint density at radius 1 is 1.53 bits per heavy atom. The number of hydrogen-bond acceptors (Lipinski definition) is 3. The number of carboxylic acid groups (broad SMARTS) is 1. The zero-order valence-corrected chi connectivity index (χ0v) is 9.77. The van der Waals surface area contributed by atoms with Crippen molar-refractivity contribution >= 4 is 5.97 Å². The Hall–Kier alpha value is -0.610. The van der Waals surface area contributed by atoms with Crippen LogP contribution >= 0.6 is 0 Å². The Labute approximate surface area is 91.2 Å². The molecule has 1 atom stereocenters. The summed E-state index contributed by atoms with van der Waals surface area (Å²) in [5, 5.41) is 9.01. The van der Waals surface area contributed by atoms with Gasteiger partial charge >= 0.3 is 5.97 Å². The van der Waals surface area contributed by atoms with Crippen LogP contribution in [0, 0.1) is 0 Å². The van der Waals surface area contributed by atoms with Gasteiger partial charge in [-0.2, -0.15) is 0 Å². The van der Waals surface area contributed by atoms with Crippen LogP contribution in [0.25, 0.3) is 0 Å². The molecule has 0 spiro atoms. The van der Waals surface area contributed by atoms with E-state index in [9.17, 15) is 4.79 Å². The molecule has 1 saturated carbocycles. The van der Waals surface area contributed by atoms with E-state index in [1.807, 2.05) is 25.8 Å². The van der Waals surface area contributed by atoms with Crippen molar-refractivity contribution < 1.29 is 14.6 Å². The first-order valence-electron chi connectivity index (χ1n) is 5.66. The molecular weight excluding hydrogens is 194 g/mol. The third kappa shape index (κ3) is 2.92. The number of likely N-dealkylation sites (N-methyl/N-ethyl adjacent to an activating group) is 1. The molecule has 0 bridgehead atoms. The van der Waals surface area contributed by atoms with E-state index < -0.39 is 5.97 Å². The van der Waals surface area contributed by atoms with Crippen molar-refractivity contribution in [3.05, 3.63) is 0 Å². The number of ether oxygens (including phenoxy) is 1. The normalized spacial score (nSPS) is 27.5. The van der Waals surface area contributed by atoms with E-state index >= 15 is 0 Å². The van der Waals surface area contributed by atoms with E-state index in [-0.39, 0.29) is 6.04 Å². The quantitative estimate of drug-likeness (QED) is 0.726. The molecule has 4 nitrogen and oxygen atoms in total. The van der Waals surface area contributed by atoms with Crippen LogP contribution in [0.3, 0.4) is 0 Å². The Kier molecular flexibility index (Phi) is 4.54. The average molecular weight is 215 g/mol. The largest absolute Gasteiger partial charge is 0.480 e. The minimum absolute atomic E-state index is 0.341. The van der Waals surface area contributed by atoms with Crippen LogP contribution in [0.2, 0.25) is 0 Å². The van der Waals surface area contributed by atoms with Crippen LogP contribution in [0.1, 0.15) is 33.1 Å². The van der Waals surface area contributed by atoms with Crippen LogP contribution in [-0.2, 0) is 9.53 Å². The number of aliphatic carboxylic acids is 1. The Balaban J connectivity index is 2.36. The molecular formula is C11H21NO3. The first-order chi connectivity index (χ1) is 7.10. The van der Waals surface area contributed by atoms with Crippen molar-refractivity contribution in [2.45, 2.75) is 51.3 Å². The molecule has 1 aliphatic rings. The fourth-order valence-electron chi connectivity index (χ4n) is 2.13. The van der Waals surface area contributed by atoms with Gasteiger partial charge < -0.3 is 9.84 Å². The highest BCUT2D eigenvalue weighted by atomic mass is 16.5. The van der Waals surface area contributed by atoms with Gasteiger partial charge in [-0.3, -0.25) is 9.69 Å². The molecule has 88 valence electrons. The van der Waals surface area contributed by atoms with Crippen LogP contribution in [0.15, 0.2) is 0 Å². The van der Waals surface area contributed by atoms with Crippen molar-refractivity contribution in [2.75, 3.05) is 13.7 Å². The average Bonchev–Trinajstić information content (AvgIpc) is 2.10. The predicted octanol–water partition coefficient (Wildman–Crippen LogP) is 1.35. The maximum atomic E-state index is 11.0. The van der Waals surface area contributed by atoms with Crippen LogP contribution in [0.4, 0.5) is 0 Å². The topological polar surface area (TPSA) is 49.8 Å². The van der Waals surface area contributed by atoms with Gasteiger partial charge in [0.05, 0.1) is 6.10 Å². The zero-order chi connectivity index (χ0) is 11.4. The molecule has 0 radical (unpaired) electrons. The lowest BCUT2D eigenvalue weighted by molar-refractivity contribution is -0.146. The zero-order valence-electron chi connectivity index (χ0n) is 9.77. The van der Waals surface area contributed by atoms with E-state index in [0.29, 0.717) is 18.6 Å². The van der Waals surface area contributed by atoms with Crippen molar-refractivity contribution in [3.63, 3.8) is 0 Å². The summed E-state index contributed by atoms with van der Waals surface area (Å²) in [5.41, 5.74) is 0. The van der Waals surface area contributed by atoms with Gasteiger partial charge in [0.2, 0.25) is 0 Å². The SMILES string of the molecule is CCOC1CC(N(C)C(CC)C(=O)O)C1. The molecule has 1 fully saturated rings. The number of carbonyl (C=O) groups is 1. The fourth-order valence-corrected chi connectivity index (χ4v) is 2.13. The number of carboxylic acids is 1. The van der Waals surface area contributed by atoms with E-state index in [1.165, 1.54) is 0 Å². The van der Waals surface area contributed by atoms with E-state index in [0.717, 1.165) is 19.4 Å². The fraction of sp³-hybridized carbons (Fsp3) is 0.909. The second-order valence-electron chi connectivity index (χ2n) is 4.13. The molecule has 1 aliphatic carbocycles. The standard InChI is InChI=1S/C11H21NO3/c1-4-10(11(13)14)12(3)8-6-9(7-8)15-5-2/h8-10H,4-7H2,1-3H3,(H,13,14). The second kappa shape index (κ2) is 5.47. The van der Waals surface area contributed by atoms with Gasteiger partial charge in [0, 0.05) is 12.6 Å². The molecule has 0 aliphatic heterocycles. The van der Waals surface area contributed by atoms with Crippen LogP contribution in [-0.4, -0.2) is 47.8 Å². The molecule has 0 aromatic carbocycles. The summed E-state index contributed by atoms with van der Waals surface area (Å²) < 4.78 is 5.46. The minimum atomic E-state index is -0.722. The van der Waals surface area contributed by atoms with Gasteiger partial charge in [0.25, 0.3) is 0 Å². The summed E-state index contributed by atoms with van der Waals surface area (Å²) in [7, 11) is 1.90. The van der Waals surface area contributed by atoms with Gasteiger partial charge in [0.15, 0.2) is 0 Å². The van der Waals surface area contributed by atoms with E-state index in [1.54, 1.807) is 0 Å². The maximum absolute atomic E-state index is 11.0. The van der Waals surface area contributed by atoms with Gasteiger partial charge in [-0.25, -0.2) is 0 Å². The first kappa shape index (κ1) is 12.5. The van der Waals surface area contributed by atoms with Gasteiger partial charge in [-0.1, -0.05) is 6.92 Å². The molecule has 0 amide bonds. The van der Waals surface area contributed by atoms with Gasteiger partial charge in [0.1, 0.15) is 6.04 Å². The highest BCUT2D eigenvalue weighted by Crippen LogP contribution is 2.29. The third-order valence-electron chi connectivity index (χ3n) is 3.21. The lowest BCUT2D eigenvalue weighted by Gasteiger charge is -2.42. The molecule has 0 aromatic rings. The molecule has 0 saturated heterocycles. The van der Waals surface area contributed by atoms with Gasteiger partial charge in [-0.05, 0) is 33.2 Å². The maximum Gasteiger partial charge on any atom is 0.320 e. The lowest BCUT2D eigenvalue weighted by Crippen LogP contribution is -2.52. The smallest absolute Gasteiger partial charge is 0.320 e. The monoisotopic (exact) mass is 215 g/mol. The molecule has 1 unspecified atom stereocenters. The summed E-state index contributed by atoms with van der Waals surface area (Å²) in [5.74, 6) is -0.722. The summed E-state index contributed by atoms with van der Waals surface area (Å²) in [6.45, 7) is 4.65. The number of nitrogens with zero attached hydrogens (tertiary/aromatic N) is 1. The van der Waals surface area contributed by atoms with E-state index in [2.05, 4.69) is 0 Å². The van der Waals surface area contributed by atoms with Crippen LogP contribution in [0.5, 0.6) is 0 Å². The summed E-state index contributed by atoms with van der Waals surface area (Å²) in [6.07, 6.45) is 2.93. The molecule has 15 heavy (non-hydrogen) atoms. The number of hydrogen-bond donors (Lipinski definition) is 1. The number of rotatable bonds is 6. The molecule has 4 heteroatoms. The lowest BCUT2D eigenvalue weighted by atomic mass is 9.87. The van der Waals surface area contributed by atoms with Gasteiger partial charge in [-0.15, -0.1) is 0 Å². The molecule has 1 rings (SSSR count). The van der Waals surface area contributed by atoms with Crippen molar-refractivity contribution in [1.29, 1.82) is 0 Å².